The van der Waals surface area contributed by atoms with Gasteiger partial charge >= 0.3 is 0 Å². The summed E-state index contributed by atoms with van der Waals surface area (Å²) in [6.45, 7) is 10.9. The molecule has 0 saturated heterocycles. The van der Waals surface area contributed by atoms with Crippen LogP contribution in [0.25, 0.3) is 0 Å². The summed E-state index contributed by atoms with van der Waals surface area (Å²) < 4.78 is 0. The summed E-state index contributed by atoms with van der Waals surface area (Å²) in [6.07, 6.45) is 2.45. The Hall–Kier alpha value is -0.570. The maximum absolute atomic E-state index is 12.1. The van der Waals surface area contributed by atoms with Gasteiger partial charge in [0.15, 0.2) is 0 Å². The van der Waals surface area contributed by atoms with Gasteiger partial charge in [0, 0.05) is 19.0 Å². The van der Waals surface area contributed by atoms with E-state index in [-0.39, 0.29) is 24.0 Å². The van der Waals surface area contributed by atoms with Crippen molar-refractivity contribution >= 4 is 5.91 Å². The molecule has 0 aliphatic carbocycles. The number of carbonyl (C=O) groups excluding carboxylic acids is 1. The molecule has 16 heavy (non-hydrogen) atoms. The van der Waals surface area contributed by atoms with E-state index in [1.54, 1.807) is 0 Å². The topological polar surface area (TPSA) is 40.5 Å². The van der Waals surface area contributed by atoms with Gasteiger partial charge in [0.25, 0.3) is 0 Å². The van der Waals surface area contributed by atoms with Gasteiger partial charge in [-0.3, -0.25) is 4.79 Å². The molecule has 0 saturated carbocycles. The minimum atomic E-state index is 0.0107. The molecule has 0 rings (SSSR count). The van der Waals surface area contributed by atoms with Crippen molar-refractivity contribution in [2.24, 2.45) is 5.41 Å². The maximum Gasteiger partial charge on any atom is 0.223 e. The number of carbonyl (C=O) groups is 1. The third-order valence-corrected chi connectivity index (χ3v) is 2.73. The molecule has 0 aromatic heterocycles. The highest BCUT2D eigenvalue weighted by molar-refractivity contribution is 5.77. The summed E-state index contributed by atoms with van der Waals surface area (Å²) in [5.74, 6) is 0.162. The van der Waals surface area contributed by atoms with E-state index in [1.807, 2.05) is 4.90 Å². The molecule has 0 aromatic carbocycles. The Kier molecular flexibility index (Phi) is 6.65. The lowest BCUT2D eigenvalue weighted by atomic mass is 9.91. The number of rotatable bonds is 6. The first kappa shape index (κ1) is 15.4. The standard InChI is InChI=1S/C13H27NO2/c1-6-11(7-2)14(8-9-15)12(16)10-13(3,4)5/h11,15H,6-10H2,1-5H3. The van der Waals surface area contributed by atoms with Crippen molar-refractivity contribution in [3.8, 4) is 0 Å². The summed E-state index contributed by atoms with van der Waals surface area (Å²) >= 11 is 0. The smallest absolute Gasteiger partial charge is 0.223 e. The molecule has 0 radical (unpaired) electrons. The Balaban J connectivity index is 4.57. The van der Waals surface area contributed by atoms with Crippen LogP contribution in [0.1, 0.15) is 53.9 Å². The second-order valence-electron chi connectivity index (χ2n) is 5.52. The van der Waals surface area contributed by atoms with Crippen molar-refractivity contribution in [2.45, 2.75) is 59.9 Å². The number of aliphatic hydroxyl groups excluding tert-OH is 1. The molecule has 0 aliphatic rings. The first-order valence-corrected chi connectivity index (χ1v) is 6.26. The summed E-state index contributed by atoms with van der Waals surface area (Å²) in [5.41, 5.74) is 0.0107. The highest BCUT2D eigenvalue weighted by Crippen LogP contribution is 2.21. The maximum atomic E-state index is 12.1. The third-order valence-electron chi connectivity index (χ3n) is 2.73. The Morgan fingerprint density at radius 3 is 2.06 bits per heavy atom. The Bertz CT molecular complexity index is 204. The van der Waals surface area contributed by atoms with Gasteiger partial charge in [-0.15, -0.1) is 0 Å². The van der Waals surface area contributed by atoms with E-state index in [0.29, 0.717) is 13.0 Å². The lowest BCUT2D eigenvalue weighted by Crippen LogP contribution is -2.42. The van der Waals surface area contributed by atoms with E-state index in [2.05, 4.69) is 34.6 Å². The van der Waals surface area contributed by atoms with Gasteiger partial charge < -0.3 is 10.0 Å². The first-order valence-electron chi connectivity index (χ1n) is 6.26. The van der Waals surface area contributed by atoms with Gasteiger partial charge in [0.05, 0.1) is 6.61 Å². The van der Waals surface area contributed by atoms with Crippen LogP contribution in [0.2, 0.25) is 0 Å². The minimum Gasteiger partial charge on any atom is -0.395 e. The second kappa shape index (κ2) is 6.89. The molecule has 0 spiro atoms. The van der Waals surface area contributed by atoms with E-state index in [0.717, 1.165) is 12.8 Å². The Labute approximate surface area is 99.8 Å². The molecule has 0 aliphatic heterocycles. The number of aliphatic hydroxyl groups is 1. The molecule has 96 valence electrons. The summed E-state index contributed by atoms with van der Waals surface area (Å²) in [6, 6.07) is 0.266. The van der Waals surface area contributed by atoms with E-state index in [9.17, 15) is 4.79 Å². The number of nitrogens with zero attached hydrogens (tertiary/aromatic N) is 1. The summed E-state index contributed by atoms with van der Waals surface area (Å²) in [5, 5.41) is 9.03. The lowest BCUT2D eigenvalue weighted by molar-refractivity contribution is -0.136. The van der Waals surface area contributed by atoms with Crippen molar-refractivity contribution < 1.29 is 9.90 Å². The van der Waals surface area contributed by atoms with Crippen molar-refractivity contribution in [3.63, 3.8) is 0 Å². The van der Waals surface area contributed by atoms with Crippen LogP contribution in [0.3, 0.4) is 0 Å². The van der Waals surface area contributed by atoms with Crippen molar-refractivity contribution in [1.82, 2.24) is 4.90 Å². The molecule has 0 bridgehead atoms. The van der Waals surface area contributed by atoms with Crippen LogP contribution in [-0.2, 0) is 4.79 Å². The molecule has 3 nitrogen and oxygen atoms in total. The number of amides is 1. The fraction of sp³-hybridized carbons (Fsp3) is 0.923. The Morgan fingerprint density at radius 2 is 1.75 bits per heavy atom. The van der Waals surface area contributed by atoms with E-state index >= 15 is 0 Å². The van der Waals surface area contributed by atoms with Crippen molar-refractivity contribution in [3.05, 3.63) is 0 Å². The van der Waals surface area contributed by atoms with Gasteiger partial charge in [-0.2, -0.15) is 0 Å². The molecule has 0 unspecified atom stereocenters. The minimum absolute atomic E-state index is 0.0107. The zero-order valence-electron chi connectivity index (χ0n) is 11.4. The quantitative estimate of drug-likeness (QED) is 0.760. The Morgan fingerprint density at radius 1 is 1.25 bits per heavy atom. The van der Waals surface area contributed by atoms with Crippen LogP contribution in [0.4, 0.5) is 0 Å². The predicted molar refractivity (Wildman–Crippen MR) is 67.2 cm³/mol. The second-order valence-corrected chi connectivity index (χ2v) is 5.52. The van der Waals surface area contributed by atoms with Crippen LogP contribution in [0.15, 0.2) is 0 Å². The molecule has 1 N–H and O–H groups in total. The van der Waals surface area contributed by atoms with E-state index in [4.69, 9.17) is 5.11 Å². The van der Waals surface area contributed by atoms with Crippen LogP contribution in [-0.4, -0.2) is 35.1 Å². The van der Waals surface area contributed by atoms with Gasteiger partial charge in [0.2, 0.25) is 5.91 Å². The van der Waals surface area contributed by atoms with Gasteiger partial charge in [0.1, 0.15) is 0 Å². The van der Waals surface area contributed by atoms with Crippen LogP contribution in [0.5, 0.6) is 0 Å². The van der Waals surface area contributed by atoms with E-state index < -0.39 is 0 Å². The normalized spacial score (nSPS) is 11.9. The molecular weight excluding hydrogens is 202 g/mol. The monoisotopic (exact) mass is 229 g/mol. The molecule has 0 fully saturated rings. The lowest BCUT2D eigenvalue weighted by Gasteiger charge is -2.32. The molecule has 0 aromatic rings. The van der Waals surface area contributed by atoms with Crippen molar-refractivity contribution in [2.75, 3.05) is 13.2 Å². The molecule has 3 heteroatoms. The molecular formula is C13H27NO2. The van der Waals surface area contributed by atoms with Gasteiger partial charge in [-0.05, 0) is 18.3 Å². The highest BCUT2D eigenvalue weighted by atomic mass is 16.3. The fourth-order valence-electron chi connectivity index (χ4n) is 1.90. The first-order chi connectivity index (χ1) is 7.35. The molecule has 0 heterocycles. The zero-order valence-corrected chi connectivity index (χ0v) is 11.4. The highest BCUT2D eigenvalue weighted by Gasteiger charge is 2.24. The molecule has 0 atom stereocenters. The van der Waals surface area contributed by atoms with Gasteiger partial charge in [-0.25, -0.2) is 0 Å². The molecule has 1 amide bonds. The largest absolute Gasteiger partial charge is 0.395 e. The van der Waals surface area contributed by atoms with Crippen LogP contribution < -0.4 is 0 Å². The summed E-state index contributed by atoms with van der Waals surface area (Å²) in [4.78, 5) is 14.0. The number of hydrogen-bond acceptors (Lipinski definition) is 2. The van der Waals surface area contributed by atoms with Crippen molar-refractivity contribution in [1.29, 1.82) is 0 Å². The fourth-order valence-corrected chi connectivity index (χ4v) is 1.90. The average molecular weight is 229 g/mol. The number of hydrogen-bond donors (Lipinski definition) is 1. The summed E-state index contributed by atoms with van der Waals surface area (Å²) in [7, 11) is 0. The third kappa shape index (κ3) is 5.50. The SMILES string of the molecule is CCC(CC)N(CCO)C(=O)CC(C)(C)C. The van der Waals surface area contributed by atoms with Crippen LogP contribution >= 0.6 is 0 Å². The zero-order chi connectivity index (χ0) is 12.8. The average Bonchev–Trinajstić information content (AvgIpc) is 2.15. The van der Waals surface area contributed by atoms with Gasteiger partial charge in [-0.1, -0.05) is 34.6 Å². The van der Waals surface area contributed by atoms with E-state index in [1.165, 1.54) is 0 Å². The van der Waals surface area contributed by atoms with Crippen LogP contribution in [0, 0.1) is 5.41 Å². The predicted octanol–water partition coefficient (Wildman–Crippen LogP) is 2.43.